The second-order valence-corrected chi connectivity index (χ2v) is 7.05. The van der Waals surface area contributed by atoms with Crippen LogP contribution in [0.5, 0.6) is 0 Å². The van der Waals surface area contributed by atoms with E-state index in [0.29, 0.717) is 17.8 Å². The van der Waals surface area contributed by atoms with E-state index in [1.807, 2.05) is 12.3 Å². The lowest BCUT2D eigenvalue weighted by Crippen LogP contribution is -2.09. The molecule has 128 valence electrons. The van der Waals surface area contributed by atoms with E-state index in [1.165, 1.54) is 16.8 Å². The van der Waals surface area contributed by atoms with Gasteiger partial charge in [-0.25, -0.2) is 0 Å². The minimum Gasteiger partial charge on any atom is -0.261 e. The fourth-order valence-corrected chi connectivity index (χ4v) is 3.65. The van der Waals surface area contributed by atoms with Gasteiger partial charge in [-0.05, 0) is 53.9 Å². The summed E-state index contributed by atoms with van der Waals surface area (Å²) in [5.41, 5.74) is 4.05. The van der Waals surface area contributed by atoms with Gasteiger partial charge >= 0.3 is 0 Å². The van der Waals surface area contributed by atoms with Crippen molar-refractivity contribution in [2.24, 2.45) is 0 Å². The van der Waals surface area contributed by atoms with E-state index < -0.39 is 0 Å². The van der Waals surface area contributed by atoms with Gasteiger partial charge in [0.1, 0.15) is 0 Å². The molecule has 0 fully saturated rings. The third-order valence-electron chi connectivity index (χ3n) is 5.11. The fraction of sp³-hybridized carbons (Fsp3) is 0.292. The first-order chi connectivity index (χ1) is 12.2. The Labute approximate surface area is 151 Å². The topological polar surface area (TPSA) is 12.9 Å². The molecule has 25 heavy (non-hydrogen) atoms. The Morgan fingerprint density at radius 2 is 1.20 bits per heavy atom. The van der Waals surface area contributed by atoms with E-state index in [4.69, 9.17) is 0 Å². The normalized spacial score (nSPS) is 14.6. The van der Waals surface area contributed by atoms with Crippen molar-refractivity contribution >= 4 is 0 Å². The lowest BCUT2D eigenvalue weighted by atomic mass is 9.80. The molecule has 0 saturated heterocycles. The van der Waals surface area contributed by atoms with Gasteiger partial charge in [-0.1, -0.05) is 80.6 Å². The second-order valence-electron chi connectivity index (χ2n) is 7.05. The molecule has 0 amide bonds. The van der Waals surface area contributed by atoms with Crippen molar-refractivity contribution in [1.29, 1.82) is 0 Å². The van der Waals surface area contributed by atoms with E-state index in [0.717, 1.165) is 12.8 Å². The number of hydrogen-bond acceptors (Lipinski definition) is 1. The average molecular weight is 329 g/mol. The van der Waals surface area contributed by atoms with E-state index in [2.05, 4.69) is 91.6 Å². The lowest BCUT2D eigenvalue weighted by Gasteiger charge is -2.25. The summed E-state index contributed by atoms with van der Waals surface area (Å²) in [6.07, 6.45) is 4.18. The molecule has 1 aromatic heterocycles. The average Bonchev–Trinajstić information content (AvgIpc) is 2.69. The zero-order valence-corrected chi connectivity index (χ0v) is 15.2. The van der Waals surface area contributed by atoms with Crippen LogP contribution >= 0.6 is 0 Å². The maximum absolute atomic E-state index is 4.56. The quantitative estimate of drug-likeness (QED) is 0.479. The standard InChI is InChI=1S/C24H27N/c1-19(21-11-5-3-6-12-21)17-23(22-13-7-4-8-14-22)18-20(2)24-15-9-10-16-25-24/h3-16,19-20,23H,17-18H2,1-2H3. The molecule has 0 aliphatic heterocycles. The highest BCUT2D eigenvalue weighted by atomic mass is 14.7. The molecule has 0 radical (unpaired) electrons. The van der Waals surface area contributed by atoms with Gasteiger partial charge in [-0.3, -0.25) is 4.98 Å². The van der Waals surface area contributed by atoms with Crippen molar-refractivity contribution in [3.63, 3.8) is 0 Å². The fourth-order valence-electron chi connectivity index (χ4n) is 3.65. The molecule has 1 heterocycles. The van der Waals surface area contributed by atoms with Crippen LogP contribution in [-0.4, -0.2) is 4.98 Å². The summed E-state index contributed by atoms with van der Waals surface area (Å²) in [5, 5.41) is 0. The van der Waals surface area contributed by atoms with Crippen molar-refractivity contribution in [2.75, 3.05) is 0 Å². The van der Waals surface area contributed by atoms with Crippen LogP contribution in [0.2, 0.25) is 0 Å². The molecule has 3 aromatic rings. The summed E-state index contributed by atoms with van der Waals surface area (Å²) in [5.74, 6) is 1.53. The van der Waals surface area contributed by atoms with Crippen LogP contribution in [-0.2, 0) is 0 Å². The van der Waals surface area contributed by atoms with Gasteiger partial charge in [0.25, 0.3) is 0 Å². The largest absolute Gasteiger partial charge is 0.261 e. The second kappa shape index (κ2) is 8.62. The van der Waals surface area contributed by atoms with E-state index in [9.17, 15) is 0 Å². The molecule has 1 heteroatoms. The molecule has 0 aliphatic rings. The molecule has 3 unspecified atom stereocenters. The minimum absolute atomic E-state index is 0.453. The number of rotatable bonds is 7. The van der Waals surface area contributed by atoms with Crippen LogP contribution in [0, 0.1) is 0 Å². The van der Waals surface area contributed by atoms with Gasteiger partial charge in [-0.2, -0.15) is 0 Å². The highest BCUT2D eigenvalue weighted by Crippen LogP contribution is 2.36. The van der Waals surface area contributed by atoms with Gasteiger partial charge < -0.3 is 0 Å². The van der Waals surface area contributed by atoms with Crippen LogP contribution in [0.25, 0.3) is 0 Å². The molecular weight excluding hydrogens is 302 g/mol. The molecule has 0 bridgehead atoms. The van der Waals surface area contributed by atoms with Crippen molar-refractivity contribution in [3.8, 4) is 0 Å². The maximum Gasteiger partial charge on any atom is 0.0431 e. The molecule has 0 aliphatic carbocycles. The number of nitrogens with zero attached hydrogens (tertiary/aromatic N) is 1. The Kier molecular flexibility index (Phi) is 6.00. The third kappa shape index (κ3) is 4.79. The lowest BCUT2D eigenvalue weighted by molar-refractivity contribution is 0.485. The summed E-state index contributed by atoms with van der Waals surface area (Å²) < 4.78 is 0. The summed E-state index contributed by atoms with van der Waals surface area (Å²) in [6.45, 7) is 4.64. The van der Waals surface area contributed by atoms with E-state index >= 15 is 0 Å². The third-order valence-corrected chi connectivity index (χ3v) is 5.11. The first-order valence-electron chi connectivity index (χ1n) is 9.25. The Hall–Kier alpha value is -2.41. The van der Waals surface area contributed by atoms with Crippen LogP contribution in [0.3, 0.4) is 0 Å². The number of hydrogen-bond donors (Lipinski definition) is 0. The van der Waals surface area contributed by atoms with Crippen molar-refractivity contribution in [1.82, 2.24) is 4.98 Å². The molecule has 0 saturated carbocycles. The van der Waals surface area contributed by atoms with Gasteiger partial charge in [0.05, 0.1) is 0 Å². The smallest absolute Gasteiger partial charge is 0.0431 e. The highest BCUT2D eigenvalue weighted by Gasteiger charge is 2.20. The van der Waals surface area contributed by atoms with Crippen LogP contribution < -0.4 is 0 Å². The van der Waals surface area contributed by atoms with Gasteiger partial charge in [0, 0.05) is 11.9 Å². The molecule has 3 atom stereocenters. The SMILES string of the molecule is CC(CC(CC(C)c1ccccn1)c1ccccc1)c1ccccc1. The first-order valence-corrected chi connectivity index (χ1v) is 9.25. The van der Waals surface area contributed by atoms with Crippen LogP contribution in [0.1, 0.15) is 61.3 Å². The molecule has 0 N–H and O–H groups in total. The Balaban J connectivity index is 1.78. The molecule has 1 nitrogen and oxygen atoms in total. The Bertz CT molecular complexity index is 689. The summed E-state index contributed by atoms with van der Waals surface area (Å²) in [6, 6.07) is 28.0. The van der Waals surface area contributed by atoms with Gasteiger partial charge in [-0.15, -0.1) is 0 Å². The maximum atomic E-state index is 4.56. The molecule has 2 aromatic carbocycles. The minimum atomic E-state index is 0.453. The monoisotopic (exact) mass is 329 g/mol. The van der Waals surface area contributed by atoms with Crippen molar-refractivity contribution < 1.29 is 0 Å². The van der Waals surface area contributed by atoms with E-state index in [1.54, 1.807) is 0 Å². The predicted octanol–water partition coefficient (Wildman–Crippen LogP) is 6.55. The highest BCUT2D eigenvalue weighted by molar-refractivity contribution is 5.24. The van der Waals surface area contributed by atoms with Crippen molar-refractivity contribution in [3.05, 3.63) is 102 Å². The number of benzene rings is 2. The van der Waals surface area contributed by atoms with Crippen LogP contribution in [0.4, 0.5) is 0 Å². The predicted molar refractivity (Wildman–Crippen MR) is 106 cm³/mol. The number of pyridine rings is 1. The number of aromatic nitrogens is 1. The van der Waals surface area contributed by atoms with Crippen molar-refractivity contribution in [2.45, 2.75) is 44.4 Å². The van der Waals surface area contributed by atoms with Gasteiger partial charge in [0.15, 0.2) is 0 Å². The molecule has 0 spiro atoms. The molecular formula is C24H27N. The molecule has 3 rings (SSSR count). The first kappa shape index (κ1) is 17.4. The zero-order valence-electron chi connectivity index (χ0n) is 15.2. The van der Waals surface area contributed by atoms with E-state index in [-0.39, 0.29) is 0 Å². The Morgan fingerprint density at radius 1 is 0.640 bits per heavy atom. The van der Waals surface area contributed by atoms with Gasteiger partial charge in [0.2, 0.25) is 0 Å². The Morgan fingerprint density at radius 3 is 1.80 bits per heavy atom. The zero-order chi connectivity index (χ0) is 17.5. The van der Waals surface area contributed by atoms with Crippen LogP contribution in [0.15, 0.2) is 85.1 Å². The summed E-state index contributed by atoms with van der Waals surface area (Å²) in [7, 11) is 0. The summed E-state index contributed by atoms with van der Waals surface area (Å²) in [4.78, 5) is 4.56. The summed E-state index contributed by atoms with van der Waals surface area (Å²) >= 11 is 0.